The standard InChI is InChI=1S/C27H32N4O6S/c1-17(32)22-9-8-18(16-28-22)20-14-19(15-21-23(20)37-29-24(21)30-12-6-7-13-30)38(34,35)31(27(5)10-11-27)25(33)36-26(2,3)4/h8-9,14-16H,6-7,10-13H2,1-5H3. The van der Waals surface area contributed by atoms with Crippen LogP contribution in [0.5, 0.6) is 0 Å². The van der Waals surface area contributed by atoms with Crippen molar-refractivity contribution in [2.24, 2.45) is 0 Å². The van der Waals surface area contributed by atoms with E-state index in [-0.39, 0.29) is 10.7 Å². The molecule has 2 aliphatic rings. The number of pyridine rings is 1. The molecule has 1 amide bonds. The number of amides is 1. The highest BCUT2D eigenvalue weighted by Crippen LogP contribution is 2.46. The lowest BCUT2D eigenvalue weighted by Crippen LogP contribution is -2.47. The van der Waals surface area contributed by atoms with Gasteiger partial charge in [-0.15, -0.1) is 0 Å². The van der Waals surface area contributed by atoms with Crippen LogP contribution in [0.4, 0.5) is 10.6 Å². The summed E-state index contributed by atoms with van der Waals surface area (Å²) in [6.07, 6.45) is 3.69. The molecule has 2 fully saturated rings. The van der Waals surface area contributed by atoms with Gasteiger partial charge in [0.05, 0.1) is 15.8 Å². The monoisotopic (exact) mass is 540 g/mol. The number of ether oxygens (including phenoxy) is 1. The second-order valence-electron chi connectivity index (χ2n) is 11.3. The van der Waals surface area contributed by atoms with Gasteiger partial charge in [0.15, 0.2) is 17.2 Å². The van der Waals surface area contributed by atoms with Gasteiger partial charge in [-0.25, -0.2) is 13.2 Å². The first-order chi connectivity index (χ1) is 17.8. The second kappa shape index (κ2) is 9.07. The number of hydrogen-bond donors (Lipinski definition) is 0. The van der Waals surface area contributed by atoms with E-state index in [0.717, 1.165) is 30.2 Å². The van der Waals surface area contributed by atoms with Gasteiger partial charge >= 0.3 is 6.09 Å². The molecule has 1 aliphatic heterocycles. The minimum atomic E-state index is -4.33. The topological polar surface area (TPSA) is 123 Å². The number of fused-ring (bicyclic) bond motifs is 1. The Morgan fingerprint density at radius 2 is 1.82 bits per heavy atom. The third-order valence-electron chi connectivity index (χ3n) is 6.93. The summed E-state index contributed by atoms with van der Waals surface area (Å²) in [5, 5.41) is 4.83. The predicted molar refractivity (Wildman–Crippen MR) is 142 cm³/mol. The van der Waals surface area contributed by atoms with E-state index in [2.05, 4.69) is 15.0 Å². The van der Waals surface area contributed by atoms with Crippen molar-refractivity contribution in [2.45, 2.75) is 76.3 Å². The van der Waals surface area contributed by atoms with Gasteiger partial charge in [0.25, 0.3) is 10.0 Å². The zero-order valence-electron chi connectivity index (χ0n) is 22.3. The van der Waals surface area contributed by atoms with Gasteiger partial charge in [0, 0.05) is 37.3 Å². The van der Waals surface area contributed by atoms with Crippen molar-refractivity contribution in [1.29, 1.82) is 0 Å². The molecule has 0 spiro atoms. The molecule has 1 saturated carbocycles. The van der Waals surface area contributed by atoms with Gasteiger partial charge in [-0.2, -0.15) is 4.31 Å². The Balaban J connectivity index is 1.70. The smallest absolute Gasteiger partial charge is 0.424 e. The van der Waals surface area contributed by atoms with Gasteiger partial charge in [0.2, 0.25) is 0 Å². The SMILES string of the molecule is CC(=O)c1ccc(-c2cc(S(=O)(=O)N(C(=O)OC(C)(C)C)C3(C)CC3)cc3c(N4CCCC4)noc23)cn1. The van der Waals surface area contributed by atoms with Gasteiger partial charge in [-0.3, -0.25) is 9.78 Å². The Labute approximate surface area is 222 Å². The number of anilines is 1. The lowest BCUT2D eigenvalue weighted by molar-refractivity contribution is 0.0331. The number of aromatic nitrogens is 2. The van der Waals surface area contributed by atoms with Crippen molar-refractivity contribution in [3.63, 3.8) is 0 Å². The number of carbonyl (C=O) groups is 2. The van der Waals surface area contributed by atoms with Crippen LogP contribution in [-0.2, 0) is 14.8 Å². The lowest BCUT2D eigenvalue weighted by atomic mass is 10.0. The van der Waals surface area contributed by atoms with Crippen LogP contribution < -0.4 is 4.90 Å². The van der Waals surface area contributed by atoms with E-state index >= 15 is 0 Å². The van der Waals surface area contributed by atoms with Crippen LogP contribution in [0.2, 0.25) is 0 Å². The molecule has 38 heavy (non-hydrogen) atoms. The van der Waals surface area contributed by atoms with Crippen molar-refractivity contribution in [2.75, 3.05) is 18.0 Å². The molecule has 0 radical (unpaired) electrons. The first-order valence-electron chi connectivity index (χ1n) is 12.7. The third kappa shape index (κ3) is 4.75. The zero-order valence-corrected chi connectivity index (χ0v) is 23.1. The highest BCUT2D eigenvalue weighted by molar-refractivity contribution is 7.89. The van der Waals surface area contributed by atoms with Gasteiger partial charge in [-0.1, -0.05) is 11.2 Å². The number of benzene rings is 1. The minimum absolute atomic E-state index is 0.0710. The van der Waals surface area contributed by atoms with Crippen LogP contribution in [0.1, 0.15) is 70.8 Å². The zero-order chi connectivity index (χ0) is 27.5. The van der Waals surface area contributed by atoms with Crippen LogP contribution in [0.25, 0.3) is 22.1 Å². The van der Waals surface area contributed by atoms with Gasteiger partial charge < -0.3 is 14.2 Å². The Morgan fingerprint density at radius 1 is 1.13 bits per heavy atom. The minimum Gasteiger partial charge on any atom is -0.443 e. The van der Waals surface area contributed by atoms with E-state index in [1.807, 2.05) is 0 Å². The van der Waals surface area contributed by atoms with E-state index in [1.165, 1.54) is 25.3 Å². The molecule has 2 aromatic heterocycles. The molecule has 0 bridgehead atoms. The number of hydrogen-bond acceptors (Lipinski definition) is 9. The van der Waals surface area contributed by atoms with E-state index in [9.17, 15) is 18.0 Å². The summed E-state index contributed by atoms with van der Waals surface area (Å²) in [5.74, 6) is 0.380. The summed E-state index contributed by atoms with van der Waals surface area (Å²) in [7, 11) is -4.33. The molecule has 3 aromatic rings. The summed E-state index contributed by atoms with van der Waals surface area (Å²) in [4.78, 5) is 31.2. The molecule has 1 aliphatic carbocycles. The summed E-state index contributed by atoms with van der Waals surface area (Å²) < 4.78 is 40.5. The molecule has 1 aromatic carbocycles. The molecular formula is C27H32N4O6S. The summed E-state index contributed by atoms with van der Waals surface area (Å²) >= 11 is 0. The molecule has 3 heterocycles. The maximum absolute atomic E-state index is 14.2. The van der Waals surface area contributed by atoms with E-state index in [1.54, 1.807) is 39.8 Å². The maximum Gasteiger partial charge on any atom is 0.424 e. The van der Waals surface area contributed by atoms with Crippen LogP contribution in [-0.4, -0.2) is 59.0 Å². The first kappa shape index (κ1) is 26.1. The number of Topliss-reactive ketones (excluding diaryl/α,β-unsaturated/α-hetero) is 1. The highest BCUT2D eigenvalue weighted by Gasteiger charge is 2.53. The Kier molecular flexibility index (Phi) is 6.24. The number of sulfonamides is 1. The largest absolute Gasteiger partial charge is 0.443 e. The number of nitrogens with zero attached hydrogens (tertiary/aromatic N) is 4. The van der Waals surface area contributed by atoms with Crippen molar-refractivity contribution < 1.29 is 27.3 Å². The van der Waals surface area contributed by atoms with E-state index in [4.69, 9.17) is 9.26 Å². The van der Waals surface area contributed by atoms with Gasteiger partial charge in [-0.05, 0) is 71.6 Å². The molecule has 1 saturated heterocycles. The van der Waals surface area contributed by atoms with Crippen molar-refractivity contribution in [3.8, 4) is 11.1 Å². The fourth-order valence-electron chi connectivity index (χ4n) is 4.69. The Hall–Kier alpha value is -3.47. The first-order valence-corrected chi connectivity index (χ1v) is 14.2. The highest BCUT2D eigenvalue weighted by atomic mass is 32.2. The average molecular weight is 541 g/mol. The van der Waals surface area contributed by atoms with Crippen LogP contribution >= 0.6 is 0 Å². The maximum atomic E-state index is 14.2. The number of ketones is 1. The summed E-state index contributed by atoms with van der Waals surface area (Å²) in [6.45, 7) is 9.84. The molecule has 0 atom stereocenters. The van der Waals surface area contributed by atoms with E-state index < -0.39 is 27.3 Å². The molecule has 10 nitrogen and oxygen atoms in total. The summed E-state index contributed by atoms with van der Waals surface area (Å²) in [5.41, 5.74) is -0.0268. The fourth-order valence-corrected chi connectivity index (χ4v) is 6.43. The molecule has 0 N–H and O–H groups in total. The molecule has 5 rings (SSSR count). The quantitative estimate of drug-likeness (QED) is 0.390. The Bertz CT molecular complexity index is 1510. The number of rotatable bonds is 6. The van der Waals surface area contributed by atoms with Gasteiger partial charge in [0.1, 0.15) is 11.3 Å². The molecule has 11 heteroatoms. The van der Waals surface area contributed by atoms with Crippen LogP contribution in [0, 0.1) is 0 Å². The predicted octanol–water partition coefficient (Wildman–Crippen LogP) is 5.17. The lowest BCUT2D eigenvalue weighted by Gasteiger charge is -2.31. The second-order valence-corrected chi connectivity index (χ2v) is 13.1. The van der Waals surface area contributed by atoms with Crippen molar-refractivity contribution >= 4 is 38.7 Å². The fraction of sp³-hybridized carbons (Fsp3) is 0.481. The molecular weight excluding hydrogens is 508 g/mol. The van der Waals surface area contributed by atoms with Crippen LogP contribution in [0.15, 0.2) is 39.9 Å². The van der Waals surface area contributed by atoms with Crippen LogP contribution in [0.3, 0.4) is 0 Å². The van der Waals surface area contributed by atoms with E-state index in [0.29, 0.717) is 46.4 Å². The van der Waals surface area contributed by atoms with Crippen molar-refractivity contribution in [1.82, 2.24) is 14.4 Å². The molecule has 0 unspecified atom stereocenters. The van der Waals surface area contributed by atoms with Crippen molar-refractivity contribution in [3.05, 3.63) is 36.2 Å². The average Bonchev–Trinajstić information content (AvgIpc) is 3.22. The summed E-state index contributed by atoms with van der Waals surface area (Å²) in [6, 6.07) is 6.28. The Morgan fingerprint density at radius 3 is 2.37 bits per heavy atom. The molecule has 202 valence electrons. The number of carbonyl (C=O) groups excluding carboxylic acids is 2. The third-order valence-corrected chi connectivity index (χ3v) is 8.83. The normalized spacial score (nSPS) is 17.0.